The average molecular weight is 813 g/mol. The number of carbonyl (C=O) groups is 2. The Balaban J connectivity index is 1.49. The van der Waals surface area contributed by atoms with Crippen LogP contribution in [0.2, 0.25) is 0 Å². The number of carbonyl (C=O) groups excluding carboxylic acids is 2. The standard InChI is InChI=1S/C48H68N4O7/c1-7-50-40-20-19-30(2)13-8-9-26-59-29-35(16-10-14-31(40)3)37-22-24-48(44(37)56)39(18-12-25-53)36(21-23-47(48,6)58)33(5)41(55)27-34-15-11-17-38-42(34)43(51-28-32(4)54)46(57)52-45(38)49/h10-11,14-17,19,32,37,39-40,43-45,50-51,53-54,56,58H,3,7,12-13,18,20-29,49H2,1-2,4-6H3,(H,52,57)/b14-10+,30-19+,35-16-,36-33+/t32-,37+,39+,40-,43-,44+,45+,47+,48+/m0/s1. The van der Waals surface area contributed by atoms with E-state index in [0.717, 1.165) is 29.7 Å². The van der Waals surface area contributed by atoms with Gasteiger partial charge >= 0.3 is 0 Å². The monoisotopic (exact) mass is 813 g/mol. The molecule has 2 fully saturated rings. The molecule has 322 valence electrons. The molecular weight excluding hydrogens is 745 g/mol. The van der Waals surface area contributed by atoms with E-state index in [1.165, 1.54) is 5.57 Å². The third-order valence-electron chi connectivity index (χ3n) is 13.3. The second-order valence-electron chi connectivity index (χ2n) is 17.3. The van der Waals surface area contributed by atoms with Gasteiger partial charge in [0.05, 0.1) is 24.4 Å². The van der Waals surface area contributed by atoms with Crippen molar-refractivity contribution < 1.29 is 34.8 Å². The summed E-state index contributed by atoms with van der Waals surface area (Å²) in [5.74, 6) is 5.19. The van der Waals surface area contributed by atoms with Gasteiger partial charge in [0.1, 0.15) is 18.8 Å². The molecule has 4 aliphatic rings. The SMILES string of the molecule is C=C1/C=C/C=C(\[C@H]2CC[C@@]3([C@H](CCCO)/C(=C(\C)C(=O)Cc4cccc5c4[C@H](NC[C@H](C)O)C(=O)N[C@H]5N)CC[C@@]3(C)O)[C@@H]2O)COCC#CC/C(C)=C/C[C@@H]1NCC. The number of hydrogen-bond donors (Lipinski definition) is 8. The number of aliphatic hydroxyl groups is 4. The van der Waals surface area contributed by atoms with Gasteiger partial charge in [-0.05, 0) is 119 Å². The van der Waals surface area contributed by atoms with Crippen molar-refractivity contribution in [1.29, 1.82) is 0 Å². The summed E-state index contributed by atoms with van der Waals surface area (Å²) in [6.07, 6.45) is 10.1. The van der Waals surface area contributed by atoms with E-state index in [0.29, 0.717) is 67.2 Å². The molecule has 0 unspecified atom stereocenters. The highest BCUT2D eigenvalue weighted by atomic mass is 16.5. The smallest absolute Gasteiger partial charge is 0.243 e. The van der Waals surface area contributed by atoms with Crippen LogP contribution >= 0.6 is 0 Å². The highest BCUT2D eigenvalue weighted by molar-refractivity contribution is 5.98. The van der Waals surface area contributed by atoms with Crippen molar-refractivity contribution in [3.63, 3.8) is 0 Å². The lowest BCUT2D eigenvalue weighted by atomic mass is 9.52. The molecule has 1 spiro atoms. The van der Waals surface area contributed by atoms with E-state index in [1.807, 2.05) is 50.3 Å². The minimum atomic E-state index is -1.26. The van der Waals surface area contributed by atoms with Gasteiger partial charge in [-0.1, -0.05) is 79.0 Å². The quantitative estimate of drug-likeness (QED) is 0.0838. The maximum atomic E-state index is 14.5. The Kier molecular flexibility index (Phi) is 16.3. The van der Waals surface area contributed by atoms with Crippen LogP contribution in [-0.2, 0) is 20.7 Å². The highest BCUT2D eigenvalue weighted by Crippen LogP contribution is 2.63. The first-order valence-electron chi connectivity index (χ1n) is 21.5. The molecule has 0 bridgehead atoms. The number of benzene rings is 1. The predicted octanol–water partition coefficient (Wildman–Crippen LogP) is 4.68. The number of ether oxygens (including phenoxy) is 1. The zero-order valence-corrected chi connectivity index (χ0v) is 35.8. The maximum absolute atomic E-state index is 14.5. The molecule has 1 aromatic carbocycles. The molecule has 1 aromatic rings. The minimum Gasteiger partial charge on any atom is -0.396 e. The number of aliphatic hydroxyl groups excluding tert-OH is 3. The van der Waals surface area contributed by atoms with Crippen LogP contribution in [0.1, 0.15) is 115 Å². The summed E-state index contributed by atoms with van der Waals surface area (Å²) in [4.78, 5) is 27.7. The first-order chi connectivity index (χ1) is 28.2. The summed E-state index contributed by atoms with van der Waals surface area (Å²) in [6.45, 7) is 15.2. The molecule has 1 amide bonds. The van der Waals surface area contributed by atoms with Crippen LogP contribution in [-0.4, -0.2) is 88.9 Å². The van der Waals surface area contributed by atoms with Crippen LogP contribution in [0.4, 0.5) is 0 Å². The van der Waals surface area contributed by atoms with Crippen molar-refractivity contribution in [3.05, 3.63) is 93.6 Å². The second-order valence-corrected chi connectivity index (χ2v) is 17.3. The van der Waals surface area contributed by atoms with Gasteiger partial charge in [0, 0.05) is 43.4 Å². The lowest BCUT2D eigenvalue weighted by Crippen LogP contribution is -2.59. The Morgan fingerprint density at radius 1 is 1.22 bits per heavy atom. The number of hydrogen-bond acceptors (Lipinski definition) is 10. The van der Waals surface area contributed by atoms with Crippen LogP contribution in [0.5, 0.6) is 0 Å². The lowest BCUT2D eigenvalue weighted by molar-refractivity contribution is -0.167. The molecule has 0 saturated heterocycles. The largest absolute Gasteiger partial charge is 0.396 e. The number of amides is 1. The molecule has 2 saturated carbocycles. The van der Waals surface area contributed by atoms with Crippen molar-refractivity contribution in [1.82, 2.24) is 16.0 Å². The van der Waals surface area contributed by atoms with Crippen LogP contribution < -0.4 is 21.7 Å². The summed E-state index contributed by atoms with van der Waals surface area (Å²) < 4.78 is 6.12. The Hall–Kier alpha value is -3.70. The van der Waals surface area contributed by atoms with Crippen molar-refractivity contribution in [3.8, 4) is 11.8 Å². The number of fused-ring (bicyclic) bond motifs is 1. The first kappa shape index (κ1) is 46.4. The van der Waals surface area contributed by atoms with Gasteiger partial charge in [0.2, 0.25) is 5.91 Å². The number of likely N-dealkylation sites (N-methyl/N-ethyl adjacent to an activating group) is 1. The van der Waals surface area contributed by atoms with Crippen LogP contribution in [0.3, 0.4) is 0 Å². The Morgan fingerprint density at radius 3 is 2.73 bits per heavy atom. The lowest BCUT2D eigenvalue weighted by Gasteiger charge is -2.55. The van der Waals surface area contributed by atoms with Gasteiger partial charge in [-0.15, -0.1) is 0 Å². The third-order valence-corrected chi connectivity index (χ3v) is 13.3. The van der Waals surface area contributed by atoms with Crippen molar-refractivity contribution >= 4 is 11.7 Å². The Labute approximate surface area is 351 Å². The molecule has 2 aliphatic carbocycles. The molecular formula is C48H68N4O7. The van der Waals surface area contributed by atoms with Crippen molar-refractivity contribution in [2.45, 2.75) is 128 Å². The summed E-state index contributed by atoms with van der Waals surface area (Å²) in [5, 5.41) is 54.7. The third kappa shape index (κ3) is 10.4. The molecule has 9 atom stereocenters. The number of nitrogens with two attached hydrogens (primary N) is 1. The van der Waals surface area contributed by atoms with Crippen molar-refractivity contribution in [2.24, 2.45) is 23.0 Å². The Morgan fingerprint density at radius 2 is 2.00 bits per heavy atom. The number of Topliss-reactive ketones (excluding diaryl/α,β-unsaturated/α-hetero) is 1. The van der Waals surface area contributed by atoms with Crippen LogP contribution in [0, 0.1) is 29.1 Å². The molecule has 0 aromatic heterocycles. The summed E-state index contributed by atoms with van der Waals surface area (Å²) in [6, 6.07) is 4.79. The molecule has 11 nitrogen and oxygen atoms in total. The molecule has 5 rings (SSSR count). The van der Waals surface area contributed by atoms with Gasteiger partial charge < -0.3 is 41.5 Å². The minimum absolute atomic E-state index is 0.0155. The summed E-state index contributed by atoms with van der Waals surface area (Å²) >= 11 is 0. The zero-order valence-electron chi connectivity index (χ0n) is 35.8. The summed E-state index contributed by atoms with van der Waals surface area (Å²) in [7, 11) is 0. The van der Waals surface area contributed by atoms with Gasteiger partial charge in [-0.3, -0.25) is 14.9 Å². The predicted molar refractivity (Wildman–Crippen MR) is 232 cm³/mol. The number of ketones is 1. The van der Waals surface area contributed by atoms with E-state index in [1.54, 1.807) is 6.92 Å². The normalized spacial score (nSPS) is 34.1. The van der Waals surface area contributed by atoms with Crippen molar-refractivity contribution in [2.75, 3.05) is 32.9 Å². The maximum Gasteiger partial charge on any atom is 0.243 e. The number of allylic oxidation sites excluding steroid dienone is 5. The zero-order chi connectivity index (χ0) is 42.9. The topological polar surface area (TPSA) is 186 Å². The van der Waals surface area contributed by atoms with E-state index in [-0.39, 0.29) is 62.4 Å². The second kappa shape index (κ2) is 20.7. The molecule has 11 heteroatoms. The average Bonchev–Trinajstić information content (AvgIpc) is 3.54. The van der Waals surface area contributed by atoms with Crippen LogP contribution in [0.25, 0.3) is 0 Å². The summed E-state index contributed by atoms with van der Waals surface area (Å²) in [5.41, 5.74) is 10.6. The van der Waals surface area contributed by atoms with E-state index < -0.39 is 35.4 Å². The van der Waals surface area contributed by atoms with Crippen LogP contribution in [0.15, 0.2) is 76.9 Å². The molecule has 9 N–H and O–H groups in total. The van der Waals surface area contributed by atoms with Gasteiger partial charge in [-0.2, -0.15) is 0 Å². The van der Waals surface area contributed by atoms with Gasteiger partial charge in [0.15, 0.2) is 5.78 Å². The van der Waals surface area contributed by atoms with Gasteiger partial charge in [-0.25, -0.2) is 0 Å². The molecule has 0 radical (unpaired) electrons. The van der Waals surface area contributed by atoms with E-state index in [2.05, 4.69) is 54.3 Å². The molecule has 59 heavy (non-hydrogen) atoms. The fraction of sp³-hybridized carbons (Fsp3) is 0.583. The van der Waals surface area contributed by atoms with Gasteiger partial charge in [0.25, 0.3) is 0 Å². The Bertz CT molecular complexity index is 1880. The fourth-order valence-electron chi connectivity index (χ4n) is 10.1. The van der Waals surface area contributed by atoms with E-state index in [4.69, 9.17) is 10.5 Å². The van der Waals surface area contributed by atoms with E-state index >= 15 is 0 Å². The first-order valence-corrected chi connectivity index (χ1v) is 21.5. The molecule has 2 aliphatic heterocycles. The fourth-order valence-corrected chi connectivity index (χ4v) is 10.1. The van der Waals surface area contributed by atoms with E-state index in [9.17, 15) is 30.0 Å². The molecule has 2 heterocycles. The number of nitrogens with one attached hydrogen (secondary N) is 3. The highest BCUT2D eigenvalue weighted by Gasteiger charge is 2.64. The number of rotatable bonds is 12.